The Hall–Kier alpha value is -0.720. The molecule has 2 fully saturated rings. The lowest BCUT2D eigenvalue weighted by Crippen LogP contribution is -2.44. The number of rotatable bonds is 3. The predicted octanol–water partition coefficient (Wildman–Crippen LogP) is 2.11. The van der Waals surface area contributed by atoms with Crippen LogP contribution in [-0.2, 0) is 15.6 Å². The van der Waals surface area contributed by atoms with Gasteiger partial charge in [0.15, 0.2) is 0 Å². The van der Waals surface area contributed by atoms with E-state index in [2.05, 4.69) is 30.6 Å². The van der Waals surface area contributed by atoms with Gasteiger partial charge in [0.2, 0.25) is 5.91 Å². The average molecular weight is 326 g/mol. The van der Waals surface area contributed by atoms with Crippen molar-refractivity contribution in [2.45, 2.75) is 44.9 Å². The van der Waals surface area contributed by atoms with Gasteiger partial charge in [0.1, 0.15) is 6.17 Å². The minimum atomic E-state index is -0.694. The van der Waals surface area contributed by atoms with Crippen molar-refractivity contribution in [1.29, 1.82) is 0 Å². The van der Waals surface area contributed by atoms with Crippen LogP contribution in [0.4, 0.5) is 0 Å². The number of nitrogens with zero attached hydrogens (tertiary/aromatic N) is 1. The fourth-order valence-corrected chi connectivity index (χ4v) is 5.26. The Kier molecular flexibility index (Phi) is 4.47. The van der Waals surface area contributed by atoms with Crippen LogP contribution >= 0.6 is 11.3 Å². The van der Waals surface area contributed by atoms with Gasteiger partial charge in [0.25, 0.3) is 0 Å². The molecule has 0 radical (unpaired) electrons. The van der Waals surface area contributed by atoms with Crippen LogP contribution in [0, 0.1) is 5.92 Å². The lowest BCUT2D eigenvalue weighted by Gasteiger charge is -2.34. The zero-order valence-corrected chi connectivity index (χ0v) is 14.1. The predicted molar refractivity (Wildman–Crippen MR) is 86.6 cm³/mol. The molecule has 2 aliphatic heterocycles. The molecule has 0 saturated carbocycles. The van der Waals surface area contributed by atoms with E-state index in [9.17, 15) is 9.00 Å². The summed E-state index contributed by atoms with van der Waals surface area (Å²) in [5, 5.41) is 5.57. The first-order chi connectivity index (χ1) is 10.1. The highest BCUT2D eigenvalue weighted by atomic mass is 32.2. The second kappa shape index (κ2) is 6.18. The van der Waals surface area contributed by atoms with E-state index in [0.29, 0.717) is 0 Å². The van der Waals surface area contributed by atoms with Crippen LogP contribution < -0.4 is 5.32 Å². The summed E-state index contributed by atoms with van der Waals surface area (Å²) in [7, 11) is -0.694. The Balaban J connectivity index is 1.86. The molecule has 1 aromatic rings. The fourth-order valence-electron chi connectivity index (χ4n) is 3.20. The van der Waals surface area contributed by atoms with Gasteiger partial charge >= 0.3 is 0 Å². The van der Waals surface area contributed by atoms with E-state index >= 15 is 0 Å². The summed E-state index contributed by atoms with van der Waals surface area (Å²) >= 11 is 1.69. The molecule has 116 valence electrons. The molecule has 1 amide bonds. The maximum Gasteiger partial charge on any atom is 0.241 e. The van der Waals surface area contributed by atoms with Crippen molar-refractivity contribution < 1.29 is 9.00 Å². The summed E-state index contributed by atoms with van der Waals surface area (Å²) in [6, 6.07) is 4.23. The molecular formula is C15H22N2O2S2. The molecule has 0 aliphatic carbocycles. The smallest absolute Gasteiger partial charge is 0.241 e. The van der Waals surface area contributed by atoms with Crippen LogP contribution in [0.15, 0.2) is 17.5 Å². The lowest BCUT2D eigenvalue weighted by atomic mass is 10.0. The molecule has 21 heavy (non-hydrogen) atoms. The highest BCUT2D eigenvalue weighted by molar-refractivity contribution is 7.85. The number of carbonyl (C=O) groups is 1. The third kappa shape index (κ3) is 2.94. The zero-order chi connectivity index (χ0) is 15.0. The Morgan fingerprint density at radius 1 is 1.38 bits per heavy atom. The van der Waals surface area contributed by atoms with Crippen molar-refractivity contribution in [1.82, 2.24) is 10.2 Å². The maximum atomic E-state index is 12.8. The summed E-state index contributed by atoms with van der Waals surface area (Å²) in [6.07, 6.45) is 1.70. The second-order valence-electron chi connectivity index (χ2n) is 6.13. The largest absolute Gasteiger partial charge is 0.318 e. The molecule has 3 rings (SSSR count). The summed E-state index contributed by atoms with van der Waals surface area (Å²) in [5.41, 5.74) is 0. The van der Waals surface area contributed by atoms with Gasteiger partial charge in [-0.15, -0.1) is 11.3 Å². The molecule has 3 heterocycles. The van der Waals surface area contributed by atoms with Crippen molar-refractivity contribution in [2.24, 2.45) is 5.92 Å². The van der Waals surface area contributed by atoms with Crippen molar-refractivity contribution in [3.63, 3.8) is 0 Å². The molecule has 2 atom stereocenters. The number of amides is 1. The van der Waals surface area contributed by atoms with Gasteiger partial charge in [-0.3, -0.25) is 14.3 Å². The van der Waals surface area contributed by atoms with E-state index in [4.69, 9.17) is 0 Å². The molecule has 1 aromatic heterocycles. The molecule has 4 nitrogen and oxygen atoms in total. The molecule has 2 unspecified atom stereocenters. The highest BCUT2D eigenvalue weighted by Gasteiger charge is 2.45. The van der Waals surface area contributed by atoms with Crippen molar-refractivity contribution in [3.8, 4) is 0 Å². The van der Waals surface area contributed by atoms with Gasteiger partial charge in [-0.2, -0.15) is 0 Å². The summed E-state index contributed by atoms with van der Waals surface area (Å²) in [4.78, 5) is 16.1. The summed E-state index contributed by atoms with van der Waals surface area (Å²) in [6.45, 7) is 4.17. The van der Waals surface area contributed by atoms with Gasteiger partial charge in [0.05, 0.1) is 6.04 Å². The first-order valence-electron chi connectivity index (χ1n) is 7.54. The Bertz CT molecular complexity index is 520. The molecule has 0 bridgehead atoms. The van der Waals surface area contributed by atoms with Gasteiger partial charge in [-0.05, 0) is 30.2 Å². The van der Waals surface area contributed by atoms with Crippen LogP contribution in [0.3, 0.4) is 0 Å². The first-order valence-corrected chi connectivity index (χ1v) is 9.91. The zero-order valence-electron chi connectivity index (χ0n) is 12.5. The number of nitrogens with one attached hydrogen (secondary N) is 1. The molecule has 2 saturated heterocycles. The summed E-state index contributed by atoms with van der Waals surface area (Å²) in [5.74, 6) is 1.93. The lowest BCUT2D eigenvalue weighted by molar-refractivity contribution is -0.133. The highest BCUT2D eigenvalue weighted by Crippen LogP contribution is 2.34. The van der Waals surface area contributed by atoms with Gasteiger partial charge in [-0.1, -0.05) is 19.9 Å². The molecule has 2 aliphatic rings. The Labute approximate surface area is 132 Å². The maximum absolute atomic E-state index is 12.8. The van der Waals surface area contributed by atoms with Crippen LogP contribution in [0.2, 0.25) is 0 Å². The van der Waals surface area contributed by atoms with E-state index in [1.807, 2.05) is 11.0 Å². The van der Waals surface area contributed by atoms with Crippen LogP contribution in [0.1, 0.15) is 37.7 Å². The fraction of sp³-hybridized carbons (Fsp3) is 0.667. The molecule has 6 heteroatoms. The number of hydrogen-bond acceptors (Lipinski definition) is 4. The van der Waals surface area contributed by atoms with E-state index in [-0.39, 0.29) is 30.1 Å². The van der Waals surface area contributed by atoms with Crippen molar-refractivity contribution >= 4 is 28.0 Å². The third-order valence-corrected chi connectivity index (χ3v) is 6.67. The van der Waals surface area contributed by atoms with Crippen molar-refractivity contribution in [2.75, 3.05) is 11.5 Å². The van der Waals surface area contributed by atoms with Gasteiger partial charge in [0, 0.05) is 33.2 Å². The average Bonchev–Trinajstić information content (AvgIpc) is 3.07. The van der Waals surface area contributed by atoms with Gasteiger partial charge in [-0.25, -0.2) is 0 Å². The van der Waals surface area contributed by atoms with E-state index < -0.39 is 10.8 Å². The SMILES string of the molecule is CC(C)C1NC(c2cccs2)N(C2CCS(=O)CC2)C1=O. The molecule has 0 aromatic carbocycles. The minimum Gasteiger partial charge on any atom is -0.318 e. The van der Waals surface area contributed by atoms with E-state index in [1.54, 1.807) is 11.3 Å². The molecule has 0 spiro atoms. The topological polar surface area (TPSA) is 49.4 Å². The van der Waals surface area contributed by atoms with Crippen LogP contribution in [-0.4, -0.2) is 38.6 Å². The number of carbonyl (C=O) groups excluding carboxylic acids is 1. The number of hydrogen-bond donors (Lipinski definition) is 1. The Morgan fingerprint density at radius 2 is 2.10 bits per heavy atom. The van der Waals surface area contributed by atoms with Crippen molar-refractivity contribution in [3.05, 3.63) is 22.4 Å². The third-order valence-electron chi connectivity index (χ3n) is 4.37. The quantitative estimate of drug-likeness (QED) is 0.925. The van der Waals surface area contributed by atoms with E-state index in [0.717, 1.165) is 24.3 Å². The van der Waals surface area contributed by atoms with Crippen LogP contribution in [0.5, 0.6) is 0 Å². The minimum absolute atomic E-state index is 0.0126. The number of thiophene rings is 1. The second-order valence-corrected chi connectivity index (χ2v) is 8.81. The molecule has 1 N–H and O–H groups in total. The standard InChI is InChI=1S/C15H22N2O2S2/c1-10(2)13-15(18)17(11-5-8-21(19)9-6-11)14(16-13)12-4-3-7-20-12/h3-4,7,10-11,13-14,16H,5-6,8-9H2,1-2H3. The van der Waals surface area contributed by atoms with Gasteiger partial charge < -0.3 is 4.90 Å². The van der Waals surface area contributed by atoms with E-state index in [1.165, 1.54) is 4.88 Å². The normalized spacial score (nSPS) is 33.9. The summed E-state index contributed by atoms with van der Waals surface area (Å²) < 4.78 is 11.6. The van der Waals surface area contributed by atoms with Crippen LogP contribution in [0.25, 0.3) is 0 Å². The first kappa shape index (κ1) is 15.2. The molecular weight excluding hydrogens is 304 g/mol. The Morgan fingerprint density at radius 3 is 2.67 bits per heavy atom. The monoisotopic (exact) mass is 326 g/mol.